The van der Waals surface area contributed by atoms with Gasteiger partial charge in [-0.3, -0.25) is 0 Å². The van der Waals surface area contributed by atoms with Gasteiger partial charge in [0.25, 0.3) is 0 Å². The predicted molar refractivity (Wildman–Crippen MR) is 201 cm³/mol. The molecule has 10 heteroatoms. The fourth-order valence-electron chi connectivity index (χ4n) is 5.51. The van der Waals surface area contributed by atoms with Crippen LogP contribution in [0.3, 0.4) is 0 Å². The van der Waals surface area contributed by atoms with Crippen molar-refractivity contribution in [3.63, 3.8) is 0 Å². The van der Waals surface area contributed by atoms with Gasteiger partial charge >= 0.3 is 17.4 Å². The summed E-state index contributed by atoms with van der Waals surface area (Å²) < 4.78 is 67.1. The Morgan fingerprint density at radius 1 is 0.469 bits per heavy atom. The van der Waals surface area contributed by atoms with Crippen LogP contribution in [0, 0.1) is 0 Å². The van der Waals surface area contributed by atoms with Gasteiger partial charge < -0.3 is 14.2 Å². The normalized spacial score (nSPS) is 11.3. The summed E-state index contributed by atoms with van der Waals surface area (Å²) in [5, 5.41) is 9.53. The summed E-state index contributed by atoms with van der Waals surface area (Å²) in [6.45, 7) is 7.69. The predicted octanol–water partition coefficient (Wildman–Crippen LogP) is 9.48. The summed E-state index contributed by atoms with van der Waals surface area (Å²) >= 11 is 0. The fraction of sp³-hybridized carbons (Fsp3) is 0.692. The standard InChI is InChI=1S/2C18H30O3S.C3H7O.Al/c2*1-2-3-4-5-6-7-8-9-10-11-14-17-15-12-13-16-18(17)22(19,20)21;1-3(2)4;/h2*12-13,15-16H,2-11,14H2,1H3,(H,19,20,21);3H,1-2H3;/q;;-1;+3/p-2. The molecule has 0 unspecified atom stereocenters. The van der Waals surface area contributed by atoms with E-state index in [2.05, 4.69) is 13.8 Å². The second-order valence-corrected chi connectivity index (χ2v) is 15.7. The number of hydrogen-bond donors (Lipinski definition) is 0. The van der Waals surface area contributed by atoms with Crippen LogP contribution in [0.5, 0.6) is 0 Å². The topological polar surface area (TPSA) is 137 Å². The van der Waals surface area contributed by atoms with E-state index in [9.17, 15) is 31.0 Å². The molecule has 2 rings (SSSR count). The van der Waals surface area contributed by atoms with Crippen molar-refractivity contribution in [2.24, 2.45) is 0 Å². The number of hydrogen-bond acceptors (Lipinski definition) is 7. The number of benzene rings is 2. The summed E-state index contributed by atoms with van der Waals surface area (Å²) in [5.41, 5.74) is 1.33. The zero-order valence-electron chi connectivity index (χ0n) is 31.0. The average molecular weight is 737 g/mol. The first kappa shape index (κ1) is 49.9. The minimum atomic E-state index is -4.35. The first-order valence-electron chi connectivity index (χ1n) is 18.6. The molecule has 0 N–H and O–H groups in total. The minimum absolute atomic E-state index is 0. The first-order valence-corrected chi connectivity index (χ1v) is 21.4. The van der Waals surface area contributed by atoms with Crippen molar-refractivity contribution < 1.29 is 31.0 Å². The Morgan fingerprint density at radius 2 is 0.694 bits per heavy atom. The molecule has 278 valence electrons. The van der Waals surface area contributed by atoms with E-state index >= 15 is 0 Å². The Labute approximate surface area is 311 Å². The van der Waals surface area contributed by atoms with Crippen LogP contribution < -0.4 is 5.11 Å². The first-order chi connectivity index (χ1) is 22.8. The molecule has 2 aromatic rings. The van der Waals surface area contributed by atoms with Crippen LogP contribution in [-0.2, 0) is 33.1 Å². The molecule has 0 bridgehead atoms. The molecule has 0 saturated heterocycles. The second kappa shape index (κ2) is 31.5. The average Bonchev–Trinajstić information content (AvgIpc) is 3.02. The van der Waals surface area contributed by atoms with E-state index in [1.54, 1.807) is 50.2 Å². The van der Waals surface area contributed by atoms with Gasteiger partial charge in [-0.05, 0) is 48.9 Å². The van der Waals surface area contributed by atoms with Crippen molar-refractivity contribution >= 4 is 37.6 Å². The van der Waals surface area contributed by atoms with E-state index < -0.39 is 26.3 Å². The Morgan fingerprint density at radius 3 is 0.939 bits per heavy atom. The summed E-state index contributed by atoms with van der Waals surface area (Å²) in [6.07, 6.45) is 25.9. The largest absolute Gasteiger partial charge is 3.00 e. The second-order valence-electron chi connectivity index (χ2n) is 13.0. The third kappa shape index (κ3) is 29.1. The molecule has 0 radical (unpaired) electrons. The molecule has 0 atom stereocenters. The molecule has 0 heterocycles. The molecule has 0 aliphatic carbocycles. The molecule has 0 spiro atoms. The molecule has 0 aliphatic heterocycles. The molecular formula is C39H65AlO7S2. The summed E-state index contributed by atoms with van der Waals surface area (Å²) in [4.78, 5) is -0.100. The maximum Gasteiger partial charge on any atom is 3.00 e. The van der Waals surface area contributed by atoms with Gasteiger partial charge in [-0.1, -0.05) is 180 Å². The van der Waals surface area contributed by atoms with Crippen LogP contribution in [-0.4, -0.2) is 49.4 Å². The number of aryl methyl sites for hydroxylation is 2. The van der Waals surface area contributed by atoms with Gasteiger partial charge in [-0.25, -0.2) is 16.8 Å². The molecule has 0 amide bonds. The minimum Gasteiger partial charge on any atom is -0.852 e. The molecule has 7 nitrogen and oxygen atoms in total. The molecule has 0 aromatic heterocycles. The van der Waals surface area contributed by atoms with E-state index in [1.807, 2.05) is 0 Å². The van der Waals surface area contributed by atoms with E-state index in [0.717, 1.165) is 25.7 Å². The van der Waals surface area contributed by atoms with E-state index in [-0.39, 0.29) is 27.2 Å². The number of rotatable bonds is 24. The fourth-order valence-corrected chi connectivity index (χ4v) is 6.99. The van der Waals surface area contributed by atoms with Crippen molar-refractivity contribution in [2.45, 2.75) is 185 Å². The molecule has 2 aromatic carbocycles. The SMILES string of the molecule is CC(C)[O-].CCCCCCCCCCCCc1ccccc1S(=O)(=O)[O-].CCCCCCCCCCCCc1ccccc1S(=O)(=O)[O-].[Al+3]. The van der Waals surface area contributed by atoms with Crippen molar-refractivity contribution in [1.82, 2.24) is 0 Å². The third-order valence-corrected chi connectivity index (χ3v) is 9.96. The maximum atomic E-state index is 11.2. The van der Waals surface area contributed by atoms with Gasteiger partial charge in [0.15, 0.2) is 0 Å². The quantitative estimate of drug-likeness (QED) is 0.0595. The Kier molecular flexibility index (Phi) is 32.0. The Bertz CT molecular complexity index is 1170. The van der Waals surface area contributed by atoms with Gasteiger partial charge in [-0.15, -0.1) is 6.10 Å². The van der Waals surface area contributed by atoms with Gasteiger partial charge in [0.1, 0.15) is 20.2 Å². The van der Waals surface area contributed by atoms with E-state index in [1.165, 1.54) is 115 Å². The molecule has 49 heavy (non-hydrogen) atoms. The maximum absolute atomic E-state index is 11.2. The molecule has 0 aliphatic rings. The van der Waals surface area contributed by atoms with Crippen LogP contribution in [0.25, 0.3) is 0 Å². The van der Waals surface area contributed by atoms with Crippen molar-refractivity contribution in [3.8, 4) is 0 Å². The van der Waals surface area contributed by atoms with E-state index in [4.69, 9.17) is 0 Å². The van der Waals surface area contributed by atoms with Crippen molar-refractivity contribution in [2.75, 3.05) is 0 Å². The monoisotopic (exact) mass is 736 g/mol. The van der Waals surface area contributed by atoms with Gasteiger partial charge in [0.2, 0.25) is 0 Å². The van der Waals surface area contributed by atoms with Crippen LogP contribution in [0.1, 0.15) is 167 Å². The van der Waals surface area contributed by atoms with Crippen molar-refractivity contribution in [1.29, 1.82) is 0 Å². The molecular weight excluding hydrogens is 672 g/mol. The molecule has 0 saturated carbocycles. The summed E-state index contributed by atoms with van der Waals surface area (Å²) in [5.74, 6) is 0. The van der Waals surface area contributed by atoms with Crippen molar-refractivity contribution in [3.05, 3.63) is 59.7 Å². The molecule has 0 fully saturated rings. The Hall–Kier alpha value is -1.25. The van der Waals surface area contributed by atoms with Crippen LogP contribution in [0.15, 0.2) is 58.3 Å². The zero-order valence-corrected chi connectivity index (χ0v) is 33.8. The number of unbranched alkanes of at least 4 members (excludes halogenated alkanes) is 18. The van der Waals surface area contributed by atoms with Gasteiger partial charge in [-0.2, -0.15) is 0 Å². The summed E-state index contributed by atoms with van der Waals surface area (Å²) in [6, 6.07) is 13.1. The third-order valence-electron chi connectivity index (χ3n) is 8.08. The smallest absolute Gasteiger partial charge is 0.852 e. The van der Waals surface area contributed by atoms with Gasteiger partial charge in [0, 0.05) is 0 Å². The van der Waals surface area contributed by atoms with Crippen LogP contribution in [0.4, 0.5) is 0 Å². The summed E-state index contributed by atoms with van der Waals surface area (Å²) in [7, 11) is -8.69. The zero-order chi connectivity index (χ0) is 36.1. The van der Waals surface area contributed by atoms with Crippen LogP contribution >= 0.6 is 0 Å². The van der Waals surface area contributed by atoms with E-state index in [0.29, 0.717) is 24.0 Å². The van der Waals surface area contributed by atoms with Crippen LogP contribution in [0.2, 0.25) is 0 Å². The van der Waals surface area contributed by atoms with Gasteiger partial charge in [0.05, 0.1) is 9.79 Å². The Balaban J connectivity index is 0.